The molecule has 1 aliphatic heterocycles. The van der Waals surface area contributed by atoms with Crippen LogP contribution in [0.5, 0.6) is 5.75 Å². The molecule has 1 aliphatic carbocycles. The average Bonchev–Trinajstić information content (AvgIpc) is 3.41. The van der Waals surface area contributed by atoms with Crippen LogP contribution in [0.1, 0.15) is 6.42 Å². The Labute approximate surface area is 207 Å². The van der Waals surface area contributed by atoms with E-state index in [2.05, 4.69) is 25.5 Å². The molecular formula is C24H24Cl2FN5O2. The third-order valence-corrected chi connectivity index (χ3v) is 6.37. The molecule has 1 amide bonds. The summed E-state index contributed by atoms with van der Waals surface area (Å²) in [5, 5.41) is 6.68. The summed E-state index contributed by atoms with van der Waals surface area (Å²) in [4.78, 5) is 23.5. The van der Waals surface area contributed by atoms with Crippen LogP contribution < -0.4 is 15.4 Å². The zero-order chi connectivity index (χ0) is 22.9. The lowest BCUT2D eigenvalue weighted by Crippen LogP contribution is -2.23. The summed E-state index contributed by atoms with van der Waals surface area (Å²) in [6.07, 6.45) is 6.21. The molecule has 2 aromatic carbocycles. The Balaban J connectivity index is 0.00000274. The fraction of sp³-hybridized carbons (Fsp3) is 0.292. The van der Waals surface area contributed by atoms with Crippen molar-refractivity contribution < 1.29 is 13.9 Å². The predicted octanol–water partition coefficient (Wildman–Crippen LogP) is 5.04. The van der Waals surface area contributed by atoms with Gasteiger partial charge in [0.1, 0.15) is 23.7 Å². The molecular weight excluding hydrogens is 480 g/mol. The van der Waals surface area contributed by atoms with Gasteiger partial charge in [-0.1, -0.05) is 17.7 Å². The molecule has 3 aromatic rings. The van der Waals surface area contributed by atoms with Crippen molar-refractivity contribution in [1.82, 2.24) is 14.9 Å². The van der Waals surface area contributed by atoms with Gasteiger partial charge in [-0.3, -0.25) is 9.69 Å². The van der Waals surface area contributed by atoms with E-state index in [9.17, 15) is 9.18 Å². The highest BCUT2D eigenvalue weighted by Crippen LogP contribution is 2.44. The summed E-state index contributed by atoms with van der Waals surface area (Å²) < 4.78 is 19.0. The molecule has 2 fully saturated rings. The first-order chi connectivity index (χ1) is 16.0. The van der Waals surface area contributed by atoms with E-state index in [1.807, 2.05) is 6.08 Å². The van der Waals surface area contributed by atoms with Crippen LogP contribution in [-0.2, 0) is 4.79 Å². The van der Waals surface area contributed by atoms with Gasteiger partial charge in [0.2, 0.25) is 5.91 Å². The van der Waals surface area contributed by atoms with E-state index in [-0.39, 0.29) is 23.3 Å². The number of carbonyl (C=O) groups is 1. The number of likely N-dealkylation sites (tertiary alicyclic amines) is 1. The second-order valence-corrected chi connectivity index (χ2v) is 8.82. The summed E-state index contributed by atoms with van der Waals surface area (Å²) in [6, 6.07) is 7.80. The molecule has 2 aliphatic rings. The van der Waals surface area contributed by atoms with Crippen molar-refractivity contribution in [3.63, 3.8) is 0 Å². The largest absolute Gasteiger partial charge is 0.494 e. The number of amides is 1. The minimum absolute atomic E-state index is 0. The van der Waals surface area contributed by atoms with Crippen molar-refractivity contribution in [2.45, 2.75) is 6.42 Å². The van der Waals surface area contributed by atoms with E-state index < -0.39 is 5.82 Å². The van der Waals surface area contributed by atoms with Gasteiger partial charge in [-0.05, 0) is 42.5 Å². The number of anilines is 3. The van der Waals surface area contributed by atoms with Crippen molar-refractivity contribution in [3.05, 3.63) is 59.7 Å². The molecule has 2 atom stereocenters. The van der Waals surface area contributed by atoms with Crippen LogP contribution in [0.25, 0.3) is 10.9 Å². The fourth-order valence-corrected chi connectivity index (χ4v) is 4.47. The van der Waals surface area contributed by atoms with Gasteiger partial charge in [-0.25, -0.2) is 14.4 Å². The summed E-state index contributed by atoms with van der Waals surface area (Å²) in [7, 11) is 1.53. The summed E-state index contributed by atoms with van der Waals surface area (Å²) in [6.45, 7) is 3.03. The first kappa shape index (κ1) is 24.2. The number of carbonyl (C=O) groups excluding carboxylic acids is 1. The number of methoxy groups -OCH3 is 1. The first-order valence-electron chi connectivity index (χ1n) is 10.7. The quantitative estimate of drug-likeness (QED) is 0.439. The van der Waals surface area contributed by atoms with Crippen molar-refractivity contribution in [1.29, 1.82) is 0 Å². The van der Waals surface area contributed by atoms with Gasteiger partial charge >= 0.3 is 0 Å². The Morgan fingerprint density at radius 1 is 1.26 bits per heavy atom. The minimum atomic E-state index is -0.501. The molecule has 178 valence electrons. The average molecular weight is 504 g/mol. The molecule has 5 rings (SSSR count). The summed E-state index contributed by atoms with van der Waals surface area (Å²) in [5.74, 6) is 1.96. The van der Waals surface area contributed by atoms with Gasteiger partial charge in [0, 0.05) is 42.9 Å². The lowest BCUT2D eigenvalue weighted by Gasteiger charge is -2.14. The number of nitrogens with zero attached hydrogens (tertiary/aromatic N) is 3. The van der Waals surface area contributed by atoms with Crippen LogP contribution in [0.15, 0.2) is 48.8 Å². The van der Waals surface area contributed by atoms with Crippen molar-refractivity contribution >= 4 is 58.0 Å². The maximum absolute atomic E-state index is 13.5. The van der Waals surface area contributed by atoms with Crippen molar-refractivity contribution in [2.24, 2.45) is 11.8 Å². The van der Waals surface area contributed by atoms with Gasteiger partial charge in [0.15, 0.2) is 0 Å². The highest BCUT2D eigenvalue weighted by molar-refractivity contribution is 6.31. The second-order valence-electron chi connectivity index (χ2n) is 8.41. The number of halogens is 3. The van der Waals surface area contributed by atoms with E-state index in [1.165, 1.54) is 32.0 Å². The highest BCUT2D eigenvalue weighted by Gasteiger charge is 2.44. The van der Waals surface area contributed by atoms with Gasteiger partial charge in [-0.2, -0.15) is 0 Å². The number of aromatic nitrogens is 2. The Morgan fingerprint density at radius 2 is 2.06 bits per heavy atom. The molecule has 1 aromatic heterocycles. The molecule has 0 radical (unpaired) electrons. The molecule has 2 N–H and O–H groups in total. The van der Waals surface area contributed by atoms with Gasteiger partial charge in [0.25, 0.3) is 0 Å². The number of hydrogen-bond acceptors (Lipinski definition) is 6. The Morgan fingerprint density at radius 3 is 2.79 bits per heavy atom. The van der Waals surface area contributed by atoms with Crippen LogP contribution in [-0.4, -0.2) is 47.5 Å². The maximum atomic E-state index is 13.5. The normalized spacial score (nSPS) is 19.0. The molecule has 1 saturated carbocycles. The summed E-state index contributed by atoms with van der Waals surface area (Å²) in [5.41, 5.74) is 1.70. The lowest BCUT2D eigenvalue weighted by atomic mass is 10.1. The molecule has 34 heavy (non-hydrogen) atoms. The predicted molar refractivity (Wildman–Crippen MR) is 134 cm³/mol. The van der Waals surface area contributed by atoms with Gasteiger partial charge < -0.3 is 15.4 Å². The molecule has 10 heteroatoms. The summed E-state index contributed by atoms with van der Waals surface area (Å²) >= 11 is 5.89. The van der Waals surface area contributed by atoms with Crippen LogP contribution in [0.3, 0.4) is 0 Å². The molecule has 7 nitrogen and oxygen atoms in total. The number of nitrogens with one attached hydrogen (secondary N) is 2. The third-order valence-electron chi connectivity index (χ3n) is 6.08. The number of hydrogen-bond donors (Lipinski definition) is 2. The highest BCUT2D eigenvalue weighted by atomic mass is 35.5. The maximum Gasteiger partial charge on any atom is 0.248 e. The number of piperidine rings is 1. The molecule has 0 bridgehead atoms. The SMILES string of the molecule is COc1cc2ncnc(Nc3ccc(F)c(Cl)c3)c2cc1NC(=O)C=CCN1CC2CC2C1.Cl. The molecule has 1 saturated heterocycles. The fourth-order valence-electron chi connectivity index (χ4n) is 4.29. The zero-order valence-electron chi connectivity index (χ0n) is 18.4. The van der Waals surface area contributed by atoms with Crippen LogP contribution in [0, 0.1) is 17.7 Å². The number of fused-ring (bicyclic) bond motifs is 2. The van der Waals surface area contributed by atoms with E-state index in [4.69, 9.17) is 16.3 Å². The Bertz CT molecular complexity index is 1250. The monoisotopic (exact) mass is 503 g/mol. The Kier molecular flexibility index (Phi) is 7.21. The van der Waals surface area contributed by atoms with Crippen molar-refractivity contribution in [3.8, 4) is 5.75 Å². The number of benzene rings is 2. The van der Waals surface area contributed by atoms with E-state index in [1.54, 1.807) is 24.3 Å². The molecule has 2 unspecified atom stereocenters. The standard InChI is InChI=1S/C24H23ClFN5O2.ClH/c1-33-22-10-20-17(24(28-13-27-20)29-16-4-5-19(26)18(25)8-16)9-21(22)30-23(32)3-2-6-31-11-14-7-15(14)12-31;/h2-5,8-10,13-15H,6-7,11-12H2,1H3,(H,30,32)(H,27,28,29);1H. The van der Waals surface area contributed by atoms with E-state index in [0.29, 0.717) is 33.8 Å². The molecule has 2 heterocycles. The zero-order valence-corrected chi connectivity index (χ0v) is 20.0. The van der Waals surface area contributed by atoms with Gasteiger partial charge in [-0.15, -0.1) is 12.4 Å². The van der Waals surface area contributed by atoms with Crippen LogP contribution >= 0.6 is 24.0 Å². The smallest absolute Gasteiger partial charge is 0.248 e. The van der Waals surface area contributed by atoms with Crippen LogP contribution in [0.4, 0.5) is 21.6 Å². The van der Waals surface area contributed by atoms with Crippen LogP contribution in [0.2, 0.25) is 5.02 Å². The van der Waals surface area contributed by atoms with E-state index >= 15 is 0 Å². The van der Waals surface area contributed by atoms with Crippen molar-refractivity contribution in [2.75, 3.05) is 37.4 Å². The lowest BCUT2D eigenvalue weighted by molar-refractivity contribution is -0.111. The minimum Gasteiger partial charge on any atom is -0.494 e. The Hall–Kier alpha value is -2.94. The van der Waals surface area contributed by atoms with Gasteiger partial charge in [0.05, 0.1) is 23.3 Å². The topological polar surface area (TPSA) is 79.4 Å². The molecule has 0 spiro atoms. The number of ether oxygens (including phenoxy) is 1. The third kappa shape index (κ3) is 5.24. The first-order valence-corrected chi connectivity index (χ1v) is 11.1. The van der Waals surface area contributed by atoms with E-state index in [0.717, 1.165) is 31.5 Å². The number of rotatable bonds is 7. The second kappa shape index (κ2) is 10.1.